The van der Waals surface area contributed by atoms with Crippen LogP contribution >= 0.6 is 22.9 Å². The number of ether oxygens (including phenoxy) is 1. The summed E-state index contributed by atoms with van der Waals surface area (Å²) in [5, 5.41) is 2.69. The van der Waals surface area contributed by atoms with Crippen molar-refractivity contribution in [2.75, 3.05) is 5.32 Å². The Morgan fingerprint density at radius 3 is 2.60 bits per heavy atom. The van der Waals surface area contributed by atoms with Crippen LogP contribution in [0.5, 0.6) is 0 Å². The van der Waals surface area contributed by atoms with Gasteiger partial charge >= 0.3 is 5.97 Å². The topological polar surface area (TPSA) is 72.5 Å². The van der Waals surface area contributed by atoms with Gasteiger partial charge in [0, 0.05) is 12.1 Å². The molecule has 0 saturated carbocycles. The van der Waals surface area contributed by atoms with Gasteiger partial charge in [-0.05, 0) is 43.7 Å². The molecule has 1 aromatic heterocycles. The van der Waals surface area contributed by atoms with Gasteiger partial charge in [0.05, 0.1) is 15.6 Å². The summed E-state index contributed by atoms with van der Waals surface area (Å²) in [6.45, 7) is 3.40. The lowest BCUT2D eigenvalue weighted by atomic mass is 10.2. The number of hydrogen-bond donors (Lipinski definition) is 1. The highest BCUT2D eigenvalue weighted by Crippen LogP contribution is 2.23. The van der Waals surface area contributed by atoms with Crippen molar-refractivity contribution in [3.63, 3.8) is 0 Å². The van der Waals surface area contributed by atoms with Gasteiger partial charge in [0.1, 0.15) is 0 Å². The Balaban J connectivity index is 1.79. The second-order valence-electron chi connectivity index (χ2n) is 5.52. The third-order valence-corrected chi connectivity index (χ3v) is 4.64. The molecular formula is C18H18ClNO4S. The molecule has 0 saturated heterocycles. The van der Waals surface area contributed by atoms with Crippen molar-refractivity contribution < 1.29 is 19.1 Å². The fourth-order valence-corrected chi connectivity index (χ4v) is 3.09. The summed E-state index contributed by atoms with van der Waals surface area (Å²) < 4.78 is 5.60. The van der Waals surface area contributed by atoms with Crippen molar-refractivity contribution in [1.82, 2.24) is 0 Å². The number of carbonyl (C=O) groups excluding carboxylic acids is 3. The second kappa shape index (κ2) is 8.78. The Morgan fingerprint density at radius 2 is 1.96 bits per heavy atom. The number of esters is 1. The van der Waals surface area contributed by atoms with E-state index in [1.54, 1.807) is 18.2 Å². The van der Waals surface area contributed by atoms with Crippen LogP contribution in [0.15, 0.2) is 36.4 Å². The van der Waals surface area contributed by atoms with Gasteiger partial charge in [0.15, 0.2) is 11.9 Å². The highest BCUT2D eigenvalue weighted by molar-refractivity contribution is 7.18. The Bertz CT molecular complexity index is 787. The van der Waals surface area contributed by atoms with Crippen LogP contribution in [0.25, 0.3) is 0 Å². The maximum absolute atomic E-state index is 12.1. The van der Waals surface area contributed by atoms with Gasteiger partial charge in [-0.3, -0.25) is 14.4 Å². The highest BCUT2D eigenvalue weighted by Gasteiger charge is 2.19. The molecule has 1 amide bonds. The Hall–Kier alpha value is -2.18. The molecule has 1 aromatic carbocycles. The lowest BCUT2D eigenvalue weighted by molar-refractivity contribution is -0.153. The smallest absolute Gasteiger partial charge is 0.307 e. The molecule has 0 spiro atoms. The average Bonchev–Trinajstić information content (AvgIpc) is 2.99. The SMILES string of the molecule is Cc1cccc(NC(=O)[C@H](C)OC(=O)CCC(=O)c2ccc(Cl)s2)c1. The maximum Gasteiger partial charge on any atom is 0.307 e. The van der Waals surface area contributed by atoms with Crippen LogP contribution in [0.1, 0.15) is 35.0 Å². The molecule has 0 aliphatic heterocycles. The minimum atomic E-state index is -0.945. The minimum Gasteiger partial charge on any atom is -0.453 e. The first-order valence-corrected chi connectivity index (χ1v) is 8.90. The van der Waals surface area contributed by atoms with E-state index >= 15 is 0 Å². The van der Waals surface area contributed by atoms with Gasteiger partial charge < -0.3 is 10.1 Å². The zero-order chi connectivity index (χ0) is 18.4. The summed E-state index contributed by atoms with van der Waals surface area (Å²) in [7, 11) is 0. The van der Waals surface area contributed by atoms with Crippen LogP contribution in [0.4, 0.5) is 5.69 Å². The number of Topliss-reactive ketones (excluding diaryl/α,β-unsaturated/α-hetero) is 1. The van der Waals surface area contributed by atoms with Gasteiger partial charge in [-0.2, -0.15) is 0 Å². The number of hydrogen-bond acceptors (Lipinski definition) is 5. The zero-order valence-electron chi connectivity index (χ0n) is 13.9. The highest BCUT2D eigenvalue weighted by atomic mass is 35.5. The molecule has 2 aromatic rings. The van der Waals surface area contributed by atoms with E-state index in [1.165, 1.54) is 18.3 Å². The molecule has 0 unspecified atom stereocenters. The summed E-state index contributed by atoms with van der Waals surface area (Å²) in [5.74, 6) is -1.19. The number of aryl methyl sites for hydroxylation is 1. The van der Waals surface area contributed by atoms with E-state index in [4.69, 9.17) is 16.3 Å². The minimum absolute atomic E-state index is 0.0158. The number of halogens is 1. The van der Waals surface area contributed by atoms with Crippen molar-refractivity contribution in [1.29, 1.82) is 0 Å². The number of nitrogens with one attached hydrogen (secondary N) is 1. The summed E-state index contributed by atoms with van der Waals surface area (Å²) in [6, 6.07) is 10.6. The fourth-order valence-electron chi connectivity index (χ4n) is 2.08. The Kier molecular flexibility index (Phi) is 6.73. The maximum atomic E-state index is 12.1. The quantitative estimate of drug-likeness (QED) is 0.576. The van der Waals surface area contributed by atoms with Crippen LogP contribution in [-0.4, -0.2) is 23.8 Å². The number of rotatable bonds is 7. The molecule has 2 rings (SSSR count). The van der Waals surface area contributed by atoms with Gasteiger partial charge in [-0.1, -0.05) is 23.7 Å². The molecule has 0 aliphatic carbocycles. The summed E-state index contributed by atoms with van der Waals surface area (Å²) >= 11 is 6.95. The first-order chi connectivity index (χ1) is 11.8. The predicted octanol–water partition coefficient (Wildman–Crippen LogP) is 4.24. The number of anilines is 1. The predicted molar refractivity (Wildman–Crippen MR) is 98.3 cm³/mol. The molecule has 25 heavy (non-hydrogen) atoms. The van der Waals surface area contributed by atoms with Gasteiger partial charge in [0.25, 0.3) is 5.91 Å². The van der Waals surface area contributed by atoms with Crippen LogP contribution in [0.3, 0.4) is 0 Å². The van der Waals surface area contributed by atoms with Crippen molar-refractivity contribution in [2.24, 2.45) is 0 Å². The summed E-state index contributed by atoms with van der Waals surface area (Å²) in [4.78, 5) is 36.3. The second-order valence-corrected chi connectivity index (χ2v) is 7.23. The fraction of sp³-hybridized carbons (Fsp3) is 0.278. The average molecular weight is 380 g/mol. The molecule has 1 heterocycles. The van der Waals surface area contributed by atoms with Gasteiger partial charge in [-0.15, -0.1) is 11.3 Å². The first kappa shape index (κ1) is 19.1. The third-order valence-electron chi connectivity index (χ3n) is 3.37. The van der Waals surface area contributed by atoms with E-state index in [-0.39, 0.29) is 18.6 Å². The van der Waals surface area contributed by atoms with E-state index in [0.717, 1.165) is 5.56 Å². The van der Waals surface area contributed by atoms with Gasteiger partial charge in [0.2, 0.25) is 0 Å². The van der Waals surface area contributed by atoms with Crippen LogP contribution < -0.4 is 5.32 Å². The number of amides is 1. The van der Waals surface area contributed by atoms with E-state index in [2.05, 4.69) is 5.32 Å². The van der Waals surface area contributed by atoms with E-state index in [9.17, 15) is 14.4 Å². The van der Waals surface area contributed by atoms with Crippen molar-refractivity contribution in [3.05, 3.63) is 51.2 Å². The van der Waals surface area contributed by atoms with Crippen LogP contribution in [-0.2, 0) is 14.3 Å². The molecule has 0 fully saturated rings. The summed E-state index contributed by atoms with van der Waals surface area (Å²) in [5.41, 5.74) is 1.65. The third kappa shape index (κ3) is 5.99. The molecule has 1 atom stereocenters. The normalized spacial score (nSPS) is 11.6. The monoisotopic (exact) mass is 379 g/mol. The van der Waals surface area contributed by atoms with Crippen molar-refractivity contribution in [3.8, 4) is 0 Å². The number of ketones is 1. The largest absolute Gasteiger partial charge is 0.453 e. The van der Waals surface area contributed by atoms with E-state index in [1.807, 2.05) is 25.1 Å². The van der Waals surface area contributed by atoms with Crippen LogP contribution in [0, 0.1) is 6.92 Å². The number of thiophene rings is 1. The molecule has 5 nitrogen and oxygen atoms in total. The standard InChI is InChI=1S/C18H18ClNO4S/c1-11-4-3-5-13(10-11)20-18(23)12(2)24-17(22)9-6-14(21)15-7-8-16(19)25-15/h3-5,7-8,10,12H,6,9H2,1-2H3,(H,20,23)/t12-/m0/s1. The Morgan fingerprint density at radius 1 is 1.20 bits per heavy atom. The lowest BCUT2D eigenvalue weighted by Crippen LogP contribution is -2.30. The molecule has 132 valence electrons. The number of benzene rings is 1. The lowest BCUT2D eigenvalue weighted by Gasteiger charge is -2.13. The molecule has 0 bridgehead atoms. The molecule has 7 heteroatoms. The van der Waals surface area contributed by atoms with Crippen molar-refractivity contribution >= 4 is 46.3 Å². The van der Waals surface area contributed by atoms with Crippen LogP contribution in [0.2, 0.25) is 4.34 Å². The molecular weight excluding hydrogens is 362 g/mol. The number of carbonyl (C=O) groups is 3. The van der Waals surface area contributed by atoms with E-state index in [0.29, 0.717) is 14.9 Å². The molecule has 1 N–H and O–H groups in total. The zero-order valence-corrected chi connectivity index (χ0v) is 15.4. The Labute approximate surface area is 154 Å². The molecule has 0 aliphatic rings. The molecule has 0 radical (unpaired) electrons. The first-order valence-electron chi connectivity index (χ1n) is 7.70. The van der Waals surface area contributed by atoms with Gasteiger partial charge in [-0.25, -0.2) is 0 Å². The van der Waals surface area contributed by atoms with E-state index < -0.39 is 18.0 Å². The summed E-state index contributed by atoms with van der Waals surface area (Å²) in [6.07, 6.45) is -1.02. The van der Waals surface area contributed by atoms with Crippen molar-refractivity contribution in [2.45, 2.75) is 32.8 Å².